The second-order valence-electron chi connectivity index (χ2n) is 6.98. The Morgan fingerprint density at radius 1 is 0.920 bits per heavy atom. The van der Waals surface area contributed by atoms with Crippen molar-refractivity contribution in [2.45, 2.75) is 26.8 Å². The number of benzene rings is 1. The molecule has 1 fully saturated rings. The number of nitrogens with zero attached hydrogens (tertiary/aromatic N) is 1. The predicted octanol–water partition coefficient (Wildman–Crippen LogP) is 3.55. The fourth-order valence-corrected chi connectivity index (χ4v) is 3.49. The third kappa shape index (κ3) is 5.30. The maximum absolute atomic E-state index is 5.73. The van der Waals surface area contributed by atoms with Gasteiger partial charge in [0.15, 0.2) is 11.5 Å². The molecule has 1 heterocycles. The molecule has 1 aliphatic rings. The largest absolute Gasteiger partial charge is 0.493 e. The first-order valence-corrected chi connectivity index (χ1v) is 8.17. The zero-order valence-corrected chi connectivity index (χ0v) is 17.7. The van der Waals surface area contributed by atoms with Gasteiger partial charge in [-0.05, 0) is 17.5 Å². The number of methoxy groups -OCH3 is 3. The Hall–Kier alpha value is -0.880. The van der Waals surface area contributed by atoms with E-state index in [0.717, 1.165) is 37.5 Å². The van der Waals surface area contributed by atoms with Gasteiger partial charge in [0.05, 0.1) is 21.3 Å². The summed E-state index contributed by atoms with van der Waals surface area (Å²) >= 11 is 0. The molecule has 0 amide bonds. The zero-order chi connectivity index (χ0) is 17.0. The molecule has 1 aromatic carbocycles. The van der Waals surface area contributed by atoms with Crippen molar-refractivity contribution in [3.63, 3.8) is 0 Å². The minimum absolute atomic E-state index is 0. The van der Waals surface area contributed by atoms with E-state index in [1.165, 1.54) is 0 Å². The lowest BCUT2D eigenvalue weighted by Gasteiger charge is -2.43. The van der Waals surface area contributed by atoms with Crippen LogP contribution < -0.4 is 19.5 Å². The van der Waals surface area contributed by atoms with Gasteiger partial charge in [0, 0.05) is 37.8 Å². The van der Waals surface area contributed by atoms with Crippen molar-refractivity contribution < 1.29 is 14.2 Å². The smallest absolute Gasteiger partial charge is 0.203 e. The van der Waals surface area contributed by atoms with Crippen molar-refractivity contribution in [2.24, 2.45) is 5.41 Å². The monoisotopic (exact) mass is 394 g/mol. The summed E-state index contributed by atoms with van der Waals surface area (Å²) in [6.07, 6.45) is 0. The highest BCUT2D eigenvalue weighted by atomic mass is 35.5. The molecule has 0 aromatic heterocycles. The van der Waals surface area contributed by atoms with Gasteiger partial charge in [-0.2, -0.15) is 0 Å². The summed E-state index contributed by atoms with van der Waals surface area (Å²) in [5, 5.41) is 3.42. The van der Waals surface area contributed by atoms with Gasteiger partial charge in [-0.15, -0.1) is 24.8 Å². The van der Waals surface area contributed by atoms with Crippen LogP contribution in [0.2, 0.25) is 0 Å². The third-order valence-corrected chi connectivity index (χ3v) is 4.37. The second-order valence-corrected chi connectivity index (χ2v) is 6.98. The molecule has 0 saturated carbocycles. The van der Waals surface area contributed by atoms with Gasteiger partial charge in [-0.1, -0.05) is 20.8 Å². The van der Waals surface area contributed by atoms with E-state index >= 15 is 0 Å². The molecule has 7 heteroatoms. The molecular formula is C18H32Cl2N2O3. The van der Waals surface area contributed by atoms with Crippen LogP contribution in [0.4, 0.5) is 0 Å². The minimum atomic E-state index is 0. The average Bonchev–Trinajstić information content (AvgIpc) is 2.54. The third-order valence-electron chi connectivity index (χ3n) is 4.37. The van der Waals surface area contributed by atoms with E-state index in [0.29, 0.717) is 11.5 Å². The maximum atomic E-state index is 5.73. The van der Waals surface area contributed by atoms with Crippen molar-refractivity contribution in [1.82, 2.24) is 10.2 Å². The van der Waals surface area contributed by atoms with Crippen molar-refractivity contribution in [2.75, 3.05) is 47.5 Å². The Balaban J connectivity index is 0.00000288. The molecule has 1 N–H and O–H groups in total. The summed E-state index contributed by atoms with van der Waals surface area (Å²) in [5.74, 6) is 2.13. The lowest BCUT2D eigenvalue weighted by Crippen LogP contribution is -2.48. The normalized spacial score (nSPS) is 16.2. The molecule has 5 nitrogen and oxygen atoms in total. The molecule has 146 valence electrons. The van der Waals surface area contributed by atoms with Gasteiger partial charge in [0.2, 0.25) is 5.75 Å². The highest BCUT2D eigenvalue weighted by Crippen LogP contribution is 2.48. The van der Waals surface area contributed by atoms with E-state index in [2.05, 4.69) is 37.1 Å². The summed E-state index contributed by atoms with van der Waals surface area (Å²) in [7, 11) is 4.99. The molecule has 1 saturated heterocycles. The van der Waals surface area contributed by atoms with Gasteiger partial charge in [0.25, 0.3) is 0 Å². The van der Waals surface area contributed by atoms with Crippen LogP contribution in [-0.4, -0.2) is 52.4 Å². The second kappa shape index (κ2) is 10.3. The summed E-state index contributed by atoms with van der Waals surface area (Å²) < 4.78 is 16.7. The summed E-state index contributed by atoms with van der Waals surface area (Å²) in [5.41, 5.74) is 1.23. The standard InChI is InChI=1S/C18H30N2O3.2ClH/c1-18(2,3)17(20-11-9-19-10-12-20)13-7-8-14(21-4)16(23-6)15(13)22-5;;/h7-8,17,19H,9-12H2,1-6H3;2*1H/t17-;;/m1../s1. The highest BCUT2D eigenvalue weighted by Gasteiger charge is 2.35. The van der Waals surface area contributed by atoms with E-state index in [4.69, 9.17) is 14.2 Å². The Morgan fingerprint density at radius 2 is 1.48 bits per heavy atom. The van der Waals surface area contributed by atoms with Gasteiger partial charge >= 0.3 is 0 Å². The molecule has 0 spiro atoms. The highest BCUT2D eigenvalue weighted by molar-refractivity contribution is 5.85. The molecule has 1 atom stereocenters. The van der Waals surface area contributed by atoms with E-state index in [1.54, 1.807) is 21.3 Å². The number of halogens is 2. The fourth-order valence-electron chi connectivity index (χ4n) is 3.49. The van der Waals surface area contributed by atoms with Crippen LogP contribution in [0.5, 0.6) is 17.2 Å². The molecule has 0 unspecified atom stereocenters. The van der Waals surface area contributed by atoms with Crippen LogP contribution in [-0.2, 0) is 0 Å². The van der Waals surface area contributed by atoms with Gasteiger partial charge in [-0.3, -0.25) is 4.90 Å². The molecule has 2 rings (SSSR count). The van der Waals surface area contributed by atoms with Gasteiger partial charge < -0.3 is 19.5 Å². The van der Waals surface area contributed by atoms with Gasteiger partial charge in [0.1, 0.15) is 0 Å². The lowest BCUT2D eigenvalue weighted by atomic mass is 9.80. The topological polar surface area (TPSA) is 43.0 Å². The first-order chi connectivity index (χ1) is 10.9. The van der Waals surface area contributed by atoms with E-state index in [9.17, 15) is 0 Å². The first kappa shape index (κ1) is 24.1. The maximum Gasteiger partial charge on any atom is 0.203 e. The first-order valence-electron chi connectivity index (χ1n) is 8.17. The molecule has 0 radical (unpaired) electrons. The Labute approximate surface area is 164 Å². The van der Waals surface area contributed by atoms with Gasteiger partial charge in [-0.25, -0.2) is 0 Å². The summed E-state index contributed by atoms with van der Waals surface area (Å²) in [6.45, 7) is 10.9. The van der Waals surface area contributed by atoms with E-state index in [-0.39, 0.29) is 36.3 Å². The Kier molecular flexibility index (Phi) is 9.95. The number of piperazine rings is 1. The Bertz CT molecular complexity index is 530. The van der Waals surface area contributed by atoms with Crippen molar-refractivity contribution in [3.8, 4) is 17.2 Å². The fraction of sp³-hybridized carbons (Fsp3) is 0.667. The Morgan fingerprint density at radius 3 is 1.92 bits per heavy atom. The number of rotatable bonds is 5. The SMILES string of the molecule is COc1ccc([C@@H](N2CCNCC2)C(C)(C)C)c(OC)c1OC.Cl.Cl. The zero-order valence-electron chi connectivity index (χ0n) is 16.0. The number of ether oxygens (including phenoxy) is 3. The average molecular weight is 395 g/mol. The minimum Gasteiger partial charge on any atom is -0.493 e. The summed E-state index contributed by atoms with van der Waals surface area (Å²) in [4.78, 5) is 2.53. The molecule has 0 bridgehead atoms. The van der Waals surface area contributed by atoms with Crippen molar-refractivity contribution in [1.29, 1.82) is 0 Å². The summed E-state index contributed by atoms with van der Waals surface area (Å²) in [6, 6.07) is 4.33. The van der Waals surface area contributed by atoms with Crippen molar-refractivity contribution >= 4 is 24.8 Å². The van der Waals surface area contributed by atoms with E-state index in [1.807, 2.05) is 6.07 Å². The van der Waals surface area contributed by atoms with Crippen LogP contribution in [0.15, 0.2) is 12.1 Å². The molecule has 1 aliphatic heterocycles. The molecular weight excluding hydrogens is 363 g/mol. The predicted molar refractivity (Wildman–Crippen MR) is 107 cm³/mol. The van der Waals surface area contributed by atoms with Crippen molar-refractivity contribution in [3.05, 3.63) is 17.7 Å². The number of hydrogen-bond donors (Lipinski definition) is 1. The molecule has 1 aromatic rings. The van der Waals surface area contributed by atoms with Crippen LogP contribution in [0.1, 0.15) is 32.4 Å². The molecule has 0 aliphatic carbocycles. The van der Waals surface area contributed by atoms with E-state index < -0.39 is 0 Å². The number of hydrogen-bond acceptors (Lipinski definition) is 5. The van der Waals surface area contributed by atoms with Crippen LogP contribution >= 0.6 is 24.8 Å². The molecule has 25 heavy (non-hydrogen) atoms. The lowest BCUT2D eigenvalue weighted by molar-refractivity contribution is 0.0837. The quantitative estimate of drug-likeness (QED) is 0.826. The van der Waals surface area contributed by atoms with Crippen LogP contribution in [0.25, 0.3) is 0 Å². The number of nitrogens with one attached hydrogen (secondary N) is 1. The van der Waals surface area contributed by atoms with Crippen LogP contribution in [0, 0.1) is 5.41 Å². The van der Waals surface area contributed by atoms with Crippen LogP contribution in [0.3, 0.4) is 0 Å².